The van der Waals surface area contributed by atoms with Crippen molar-refractivity contribution in [3.63, 3.8) is 0 Å². The number of aryl methyl sites for hydroxylation is 2. The van der Waals surface area contributed by atoms with Gasteiger partial charge in [-0.2, -0.15) is 0 Å². The zero-order valence-corrected chi connectivity index (χ0v) is 31.0. The Kier molecular flexibility index (Phi) is 11.3. The number of nitrogens with zero attached hydrogens (tertiary/aromatic N) is 2. The molecule has 1 fully saturated rings. The molecule has 0 aromatic heterocycles. The number of hydrogen-bond acceptors (Lipinski definition) is 6. The zero-order valence-electron chi connectivity index (χ0n) is 31.0. The fourth-order valence-corrected chi connectivity index (χ4v) is 8.49. The Balaban J connectivity index is 1.52. The average Bonchev–Trinajstić information content (AvgIpc) is 3.88. The molecule has 7 nitrogen and oxygen atoms in total. The van der Waals surface area contributed by atoms with E-state index in [1.165, 1.54) is 46.7 Å². The minimum absolute atomic E-state index is 0.0504. The van der Waals surface area contributed by atoms with Crippen molar-refractivity contribution in [1.29, 1.82) is 0 Å². The van der Waals surface area contributed by atoms with Crippen molar-refractivity contribution >= 4 is 11.6 Å². The first kappa shape index (κ1) is 36.0. The molecule has 5 N–H and O–H groups in total. The highest BCUT2D eigenvalue weighted by molar-refractivity contribution is 5.96. The standard InChI is InChI=1S/C41H62N6O/c1-9-29-17-16-18-34(32(29)10-2)41(14-6,15-7)37-26-35(43-24-23-40(11-3,12-4)13-5)38-44-27-36(47(38)45-37)30-19-22-33(28(8)25-30)39(48)46(42)31-20-21-31/h16-19,22,25-27,31,37-38,43-45H,9-15,20-21,23-24,42H2,1-8H3. The van der Waals surface area contributed by atoms with Gasteiger partial charge in [-0.1, -0.05) is 92.0 Å². The Morgan fingerprint density at radius 3 is 2.27 bits per heavy atom. The van der Waals surface area contributed by atoms with Gasteiger partial charge in [-0.05, 0) is 97.7 Å². The summed E-state index contributed by atoms with van der Waals surface area (Å²) in [6.07, 6.45) is 15.4. The second-order valence-electron chi connectivity index (χ2n) is 14.4. The molecule has 7 heteroatoms. The molecule has 0 bridgehead atoms. The van der Waals surface area contributed by atoms with Gasteiger partial charge in [0.15, 0.2) is 6.17 Å². The molecule has 1 saturated carbocycles. The Hall–Kier alpha value is -3.29. The Morgan fingerprint density at radius 2 is 1.69 bits per heavy atom. The highest BCUT2D eigenvalue weighted by atomic mass is 16.2. The van der Waals surface area contributed by atoms with Gasteiger partial charge in [0, 0.05) is 35.3 Å². The molecule has 2 aliphatic heterocycles. The topological polar surface area (TPSA) is 85.7 Å². The quantitative estimate of drug-likeness (QED) is 0.0838. The van der Waals surface area contributed by atoms with E-state index in [4.69, 9.17) is 5.84 Å². The lowest BCUT2D eigenvalue weighted by molar-refractivity contribution is 0.0742. The van der Waals surface area contributed by atoms with Gasteiger partial charge < -0.3 is 10.6 Å². The minimum atomic E-state index is -0.0955. The van der Waals surface area contributed by atoms with E-state index in [1.807, 2.05) is 13.0 Å². The summed E-state index contributed by atoms with van der Waals surface area (Å²) in [5.41, 5.74) is 13.8. The fraction of sp³-hybridized carbons (Fsp3) is 0.585. The van der Waals surface area contributed by atoms with Crippen molar-refractivity contribution in [1.82, 2.24) is 26.1 Å². The van der Waals surface area contributed by atoms with E-state index >= 15 is 0 Å². The largest absolute Gasteiger partial charge is 0.385 e. The molecule has 2 unspecified atom stereocenters. The van der Waals surface area contributed by atoms with Gasteiger partial charge in [0.2, 0.25) is 0 Å². The van der Waals surface area contributed by atoms with Gasteiger partial charge in [-0.15, -0.1) is 0 Å². The lowest BCUT2D eigenvalue weighted by Crippen LogP contribution is -2.61. The van der Waals surface area contributed by atoms with Gasteiger partial charge >= 0.3 is 0 Å². The molecular weight excluding hydrogens is 592 g/mol. The van der Waals surface area contributed by atoms with Crippen LogP contribution in [-0.4, -0.2) is 40.7 Å². The Morgan fingerprint density at radius 1 is 0.979 bits per heavy atom. The van der Waals surface area contributed by atoms with E-state index in [0.29, 0.717) is 11.0 Å². The molecule has 3 aliphatic rings. The van der Waals surface area contributed by atoms with Crippen molar-refractivity contribution in [3.05, 3.63) is 87.8 Å². The summed E-state index contributed by atoms with van der Waals surface area (Å²) >= 11 is 0. The smallest absolute Gasteiger partial charge is 0.268 e. The molecule has 2 aromatic carbocycles. The van der Waals surface area contributed by atoms with Crippen molar-refractivity contribution < 1.29 is 4.79 Å². The van der Waals surface area contributed by atoms with Crippen molar-refractivity contribution in [3.8, 4) is 0 Å². The highest BCUT2D eigenvalue weighted by Gasteiger charge is 2.45. The molecular formula is C41H62N6O. The first-order valence-electron chi connectivity index (χ1n) is 18.9. The van der Waals surface area contributed by atoms with Crippen molar-refractivity contribution in [2.45, 2.75) is 143 Å². The summed E-state index contributed by atoms with van der Waals surface area (Å²) in [5, 5.41) is 11.4. The molecule has 2 aromatic rings. The molecule has 48 heavy (non-hydrogen) atoms. The zero-order chi connectivity index (χ0) is 34.6. The van der Waals surface area contributed by atoms with Crippen molar-refractivity contribution in [2.24, 2.45) is 11.3 Å². The summed E-state index contributed by atoms with van der Waals surface area (Å²) in [6, 6.07) is 13.4. The SMILES string of the molecule is CCc1cccc(C(CC)(CC)C2C=C(NCCC(CC)(CC)CC)C3NC=C(c4ccc(C(=O)N(N)C5CC5)c(C)c4)N3N2)c1CC. The number of nitrogens with two attached hydrogens (primary N) is 1. The molecule has 2 atom stereocenters. The predicted octanol–water partition coefficient (Wildman–Crippen LogP) is 7.85. The van der Waals surface area contributed by atoms with Crippen LogP contribution in [0.5, 0.6) is 0 Å². The number of hydrazine groups is 2. The van der Waals surface area contributed by atoms with Crippen LogP contribution >= 0.6 is 0 Å². The number of benzene rings is 2. The molecule has 1 amide bonds. The Labute approximate surface area is 290 Å². The molecule has 1 aliphatic carbocycles. The van der Waals surface area contributed by atoms with Crippen LogP contribution in [0.3, 0.4) is 0 Å². The van der Waals surface area contributed by atoms with Crippen LogP contribution in [0.15, 0.2) is 54.4 Å². The number of fused-ring (bicyclic) bond motifs is 1. The van der Waals surface area contributed by atoms with Crippen LogP contribution in [0.4, 0.5) is 0 Å². The third-order valence-electron chi connectivity index (χ3n) is 12.4. The van der Waals surface area contributed by atoms with E-state index in [9.17, 15) is 4.79 Å². The van der Waals surface area contributed by atoms with E-state index < -0.39 is 0 Å². The van der Waals surface area contributed by atoms with Crippen LogP contribution in [-0.2, 0) is 18.3 Å². The van der Waals surface area contributed by atoms with E-state index in [0.717, 1.165) is 68.3 Å². The highest BCUT2D eigenvalue weighted by Crippen LogP contribution is 2.43. The molecule has 5 rings (SSSR count). The summed E-state index contributed by atoms with van der Waals surface area (Å²) in [5.74, 6) is 6.08. The second kappa shape index (κ2) is 15.1. The van der Waals surface area contributed by atoms with Crippen LogP contribution in [0, 0.1) is 12.3 Å². The van der Waals surface area contributed by atoms with Gasteiger partial charge in [-0.3, -0.25) is 14.8 Å². The molecule has 0 saturated heterocycles. The fourth-order valence-electron chi connectivity index (χ4n) is 8.49. The minimum Gasteiger partial charge on any atom is -0.385 e. The summed E-state index contributed by atoms with van der Waals surface area (Å²) in [6.45, 7) is 19.3. The van der Waals surface area contributed by atoms with Crippen LogP contribution in [0.2, 0.25) is 0 Å². The van der Waals surface area contributed by atoms with Gasteiger partial charge in [0.25, 0.3) is 5.91 Å². The maximum Gasteiger partial charge on any atom is 0.268 e. The van der Waals surface area contributed by atoms with Crippen LogP contribution in [0.1, 0.15) is 138 Å². The molecule has 0 spiro atoms. The maximum atomic E-state index is 13.2. The lowest BCUT2D eigenvalue weighted by atomic mass is 9.67. The molecule has 0 radical (unpaired) electrons. The second-order valence-corrected chi connectivity index (χ2v) is 14.4. The Bertz CT molecular complexity index is 1490. The van der Waals surface area contributed by atoms with Crippen LogP contribution in [0.25, 0.3) is 5.70 Å². The van der Waals surface area contributed by atoms with E-state index in [-0.39, 0.29) is 29.6 Å². The van der Waals surface area contributed by atoms with Gasteiger partial charge in [-0.25, -0.2) is 11.3 Å². The lowest BCUT2D eigenvalue weighted by Gasteiger charge is -2.48. The number of nitrogens with one attached hydrogen (secondary N) is 3. The number of hydrogen-bond donors (Lipinski definition) is 4. The first-order valence-corrected chi connectivity index (χ1v) is 18.9. The number of rotatable bonds is 16. The molecule has 2 heterocycles. The predicted molar refractivity (Wildman–Crippen MR) is 200 cm³/mol. The molecule has 262 valence electrons. The monoisotopic (exact) mass is 654 g/mol. The summed E-state index contributed by atoms with van der Waals surface area (Å²) < 4.78 is 0. The number of carbonyl (C=O) groups excluding carboxylic acids is 1. The summed E-state index contributed by atoms with van der Waals surface area (Å²) in [4.78, 5) is 13.2. The van der Waals surface area contributed by atoms with Crippen molar-refractivity contribution in [2.75, 3.05) is 6.54 Å². The van der Waals surface area contributed by atoms with Gasteiger partial charge in [0.05, 0.1) is 17.4 Å². The normalized spacial score (nSPS) is 19.4. The third-order valence-corrected chi connectivity index (χ3v) is 12.4. The first-order chi connectivity index (χ1) is 23.2. The van der Waals surface area contributed by atoms with Crippen LogP contribution < -0.4 is 21.9 Å². The third kappa shape index (κ3) is 6.65. The number of carbonyl (C=O) groups is 1. The van der Waals surface area contributed by atoms with E-state index in [2.05, 4.69) is 112 Å². The maximum absolute atomic E-state index is 13.2. The summed E-state index contributed by atoms with van der Waals surface area (Å²) in [7, 11) is 0. The number of amides is 1. The van der Waals surface area contributed by atoms with E-state index in [1.54, 1.807) is 0 Å². The van der Waals surface area contributed by atoms with Gasteiger partial charge in [0.1, 0.15) is 0 Å². The average molecular weight is 655 g/mol.